The van der Waals surface area contributed by atoms with Crippen LogP contribution in [0, 0.1) is 5.92 Å². The van der Waals surface area contributed by atoms with Gasteiger partial charge in [-0.2, -0.15) is 0 Å². The molecule has 0 amide bonds. The quantitative estimate of drug-likeness (QED) is 0.495. The lowest BCUT2D eigenvalue weighted by Gasteiger charge is -2.13. The molecule has 0 aliphatic heterocycles. The average Bonchev–Trinajstić information content (AvgIpc) is 2.24. The summed E-state index contributed by atoms with van der Waals surface area (Å²) in [5.41, 5.74) is 2.04. The number of esters is 1. The second-order valence-corrected chi connectivity index (χ2v) is 4.02. The number of rotatable bonds is 6. The van der Waals surface area contributed by atoms with Gasteiger partial charge in [0.2, 0.25) is 0 Å². The first-order valence-electron chi connectivity index (χ1n) is 5.92. The van der Waals surface area contributed by atoms with E-state index in [9.17, 15) is 4.79 Å². The maximum atomic E-state index is 11.5. The van der Waals surface area contributed by atoms with E-state index in [0.29, 0.717) is 12.5 Å². The SMILES string of the molecule is CCOC(=O)C(C)=C(CC)CC(C)CC. The minimum Gasteiger partial charge on any atom is -0.463 e. The van der Waals surface area contributed by atoms with Crippen molar-refractivity contribution in [3.05, 3.63) is 11.1 Å². The predicted molar refractivity (Wildman–Crippen MR) is 63.7 cm³/mol. The number of hydrogen-bond donors (Lipinski definition) is 0. The van der Waals surface area contributed by atoms with Crippen molar-refractivity contribution in [2.24, 2.45) is 5.92 Å². The monoisotopic (exact) mass is 212 g/mol. The Balaban J connectivity index is 4.58. The molecule has 0 bridgehead atoms. The van der Waals surface area contributed by atoms with Gasteiger partial charge in [-0.25, -0.2) is 4.79 Å². The van der Waals surface area contributed by atoms with Gasteiger partial charge < -0.3 is 4.74 Å². The Morgan fingerprint density at radius 1 is 1.27 bits per heavy atom. The molecule has 2 nitrogen and oxygen atoms in total. The second kappa shape index (κ2) is 7.49. The first kappa shape index (κ1) is 14.2. The van der Waals surface area contributed by atoms with E-state index < -0.39 is 0 Å². The van der Waals surface area contributed by atoms with Gasteiger partial charge in [-0.05, 0) is 32.6 Å². The third-order valence-electron chi connectivity index (χ3n) is 2.83. The number of ether oxygens (including phenoxy) is 1. The summed E-state index contributed by atoms with van der Waals surface area (Å²) in [6, 6.07) is 0. The van der Waals surface area contributed by atoms with Gasteiger partial charge in [-0.3, -0.25) is 0 Å². The number of allylic oxidation sites excluding steroid dienone is 1. The van der Waals surface area contributed by atoms with Crippen molar-refractivity contribution < 1.29 is 9.53 Å². The average molecular weight is 212 g/mol. The fourth-order valence-corrected chi connectivity index (χ4v) is 1.51. The molecule has 0 saturated heterocycles. The summed E-state index contributed by atoms with van der Waals surface area (Å²) in [5, 5.41) is 0. The van der Waals surface area contributed by atoms with Gasteiger partial charge in [0.25, 0.3) is 0 Å². The molecule has 0 aromatic heterocycles. The van der Waals surface area contributed by atoms with Crippen LogP contribution in [0.3, 0.4) is 0 Å². The summed E-state index contributed by atoms with van der Waals surface area (Å²) in [6.07, 6.45) is 3.10. The van der Waals surface area contributed by atoms with Crippen molar-refractivity contribution in [3.8, 4) is 0 Å². The highest BCUT2D eigenvalue weighted by Crippen LogP contribution is 2.21. The molecular weight excluding hydrogens is 188 g/mol. The van der Waals surface area contributed by atoms with E-state index >= 15 is 0 Å². The van der Waals surface area contributed by atoms with E-state index in [1.54, 1.807) is 0 Å². The highest BCUT2D eigenvalue weighted by atomic mass is 16.5. The maximum absolute atomic E-state index is 11.5. The second-order valence-electron chi connectivity index (χ2n) is 4.02. The van der Waals surface area contributed by atoms with E-state index in [1.807, 2.05) is 13.8 Å². The molecule has 1 unspecified atom stereocenters. The van der Waals surface area contributed by atoms with Gasteiger partial charge in [0.05, 0.1) is 6.61 Å². The zero-order chi connectivity index (χ0) is 11.8. The van der Waals surface area contributed by atoms with Crippen LogP contribution in [-0.4, -0.2) is 12.6 Å². The minimum atomic E-state index is -0.155. The van der Waals surface area contributed by atoms with Crippen LogP contribution < -0.4 is 0 Å². The van der Waals surface area contributed by atoms with Crippen LogP contribution in [0.15, 0.2) is 11.1 Å². The largest absolute Gasteiger partial charge is 0.463 e. The lowest BCUT2D eigenvalue weighted by molar-refractivity contribution is -0.138. The van der Waals surface area contributed by atoms with E-state index in [2.05, 4.69) is 20.8 Å². The Labute approximate surface area is 93.7 Å². The van der Waals surface area contributed by atoms with Gasteiger partial charge in [-0.1, -0.05) is 32.8 Å². The molecule has 0 radical (unpaired) electrons. The molecule has 0 aliphatic rings. The van der Waals surface area contributed by atoms with Crippen LogP contribution in [-0.2, 0) is 9.53 Å². The van der Waals surface area contributed by atoms with Crippen molar-refractivity contribution in [1.82, 2.24) is 0 Å². The first-order chi connectivity index (χ1) is 7.06. The Morgan fingerprint density at radius 2 is 1.87 bits per heavy atom. The number of carbonyl (C=O) groups excluding carboxylic acids is 1. The topological polar surface area (TPSA) is 26.3 Å². The molecule has 0 heterocycles. The molecule has 0 spiro atoms. The highest BCUT2D eigenvalue weighted by Gasteiger charge is 2.12. The molecule has 0 fully saturated rings. The van der Waals surface area contributed by atoms with Gasteiger partial charge in [0, 0.05) is 5.57 Å². The molecule has 0 aromatic rings. The predicted octanol–water partition coefficient (Wildman–Crippen LogP) is 3.71. The number of hydrogen-bond acceptors (Lipinski definition) is 2. The summed E-state index contributed by atoms with van der Waals surface area (Å²) >= 11 is 0. The fraction of sp³-hybridized carbons (Fsp3) is 0.769. The molecule has 2 heteroatoms. The summed E-state index contributed by atoms with van der Waals surface area (Å²) in [5.74, 6) is 0.488. The zero-order valence-electron chi connectivity index (χ0n) is 10.7. The van der Waals surface area contributed by atoms with Crippen molar-refractivity contribution in [2.45, 2.75) is 53.9 Å². The van der Waals surface area contributed by atoms with E-state index in [-0.39, 0.29) is 5.97 Å². The van der Waals surface area contributed by atoms with E-state index in [4.69, 9.17) is 4.74 Å². The third-order valence-corrected chi connectivity index (χ3v) is 2.83. The molecule has 0 rings (SSSR count). The lowest BCUT2D eigenvalue weighted by Crippen LogP contribution is -2.09. The van der Waals surface area contributed by atoms with Gasteiger partial charge in [-0.15, -0.1) is 0 Å². The lowest BCUT2D eigenvalue weighted by atomic mass is 9.94. The Morgan fingerprint density at radius 3 is 2.27 bits per heavy atom. The Kier molecular flexibility index (Phi) is 7.10. The molecule has 0 aromatic carbocycles. The highest BCUT2D eigenvalue weighted by molar-refractivity contribution is 5.88. The van der Waals surface area contributed by atoms with Crippen LogP contribution in [0.1, 0.15) is 53.9 Å². The van der Waals surface area contributed by atoms with Crippen LogP contribution in [0.25, 0.3) is 0 Å². The van der Waals surface area contributed by atoms with Gasteiger partial charge >= 0.3 is 5.97 Å². The van der Waals surface area contributed by atoms with Crippen LogP contribution in [0.4, 0.5) is 0 Å². The van der Waals surface area contributed by atoms with Crippen LogP contribution in [0.2, 0.25) is 0 Å². The summed E-state index contributed by atoms with van der Waals surface area (Å²) in [7, 11) is 0. The Bertz CT molecular complexity index is 229. The fourth-order valence-electron chi connectivity index (χ4n) is 1.51. The zero-order valence-corrected chi connectivity index (χ0v) is 10.7. The molecule has 1 atom stereocenters. The smallest absolute Gasteiger partial charge is 0.333 e. The van der Waals surface area contributed by atoms with Crippen LogP contribution in [0.5, 0.6) is 0 Å². The van der Waals surface area contributed by atoms with Crippen molar-refractivity contribution in [2.75, 3.05) is 6.61 Å². The van der Waals surface area contributed by atoms with Gasteiger partial charge in [0.1, 0.15) is 0 Å². The standard InChI is InChI=1S/C13H24O2/c1-6-10(4)9-12(7-2)11(5)13(14)15-8-3/h10H,6-9H2,1-5H3. The molecular formula is C13H24O2. The summed E-state index contributed by atoms with van der Waals surface area (Å²) in [6.45, 7) is 10.7. The third kappa shape index (κ3) is 5.01. The van der Waals surface area contributed by atoms with Gasteiger partial charge in [0.15, 0.2) is 0 Å². The van der Waals surface area contributed by atoms with Crippen molar-refractivity contribution in [1.29, 1.82) is 0 Å². The van der Waals surface area contributed by atoms with Crippen LogP contribution >= 0.6 is 0 Å². The van der Waals surface area contributed by atoms with Crippen molar-refractivity contribution >= 4 is 5.97 Å². The maximum Gasteiger partial charge on any atom is 0.333 e. The molecule has 88 valence electrons. The Hall–Kier alpha value is -0.790. The number of carbonyl (C=O) groups is 1. The van der Waals surface area contributed by atoms with E-state index in [1.165, 1.54) is 5.57 Å². The normalized spacial score (nSPS) is 14.5. The molecule has 15 heavy (non-hydrogen) atoms. The molecule has 0 N–H and O–H groups in total. The summed E-state index contributed by atoms with van der Waals surface area (Å²) < 4.78 is 5.00. The van der Waals surface area contributed by atoms with Crippen molar-refractivity contribution in [3.63, 3.8) is 0 Å². The molecule has 0 saturated carbocycles. The first-order valence-corrected chi connectivity index (χ1v) is 5.92. The summed E-state index contributed by atoms with van der Waals surface area (Å²) in [4.78, 5) is 11.5. The minimum absolute atomic E-state index is 0.155. The van der Waals surface area contributed by atoms with E-state index in [0.717, 1.165) is 24.8 Å². The molecule has 0 aliphatic carbocycles.